The van der Waals surface area contributed by atoms with Crippen LogP contribution in [0, 0.1) is 17.1 Å². The fourth-order valence-electron chi connectivity index (χ4n) is 0.941. The summed E-state index contributed by atoms with van der Waals surface area (Å²) < 4.78 is 24.2. The molecule has 1 aromatic rings. The van der Waals surface area contributed by atoms with Gasteiger partial charge in [-0.05, 0) is 25.1 Å². The maximum absolute atomic E-state index is 12.6. The molecule has 0 aliphatic rings. The molecule has 1 aromatic carbocycles. The van der Waals surface area contributed by atoms with E-state index in [2.05, 4.69) is 0 Å². The van der Waals surface area contributed by atoms with Gasteiger partial charge in [0.25, 0.3) is 0 Å². The Labute approximate surface area is 83.8 Å². The molecule has 1 rings (SSSR count). The minimum atomic E-state index is -1.50. The lowest BCUT2D eigenvalue weighted by molar-refractivity contribution is 0.627. The number of halogens is 1. The summed E-state index contributed by atoms with van der Waals surface area (Å²) in [5.74, 6) is -0.479. The molecule has 0 saturated carbocycles. The van der Waals surface area contributed by atoms with Crippen LogP contribution in [0.1, 0.15) is 6.92 Å². The fraction of sp³-hybridized carbons (Fsp3) is 0.222. The number of benzene rings is 1. The maximum Gasteiger partial charge on any atom is 0.125 e. The zero-order chi connectivity index (χ0) is 10.7. The van der Waals surface area contributed by atoms with Gasteiger partial charge in [0, 0.05) is 0 Å². The van der Waals surface area contributed by atoms with Gasteiger partial charge < -0.3 is 5.73 Å². The average molecular weight is 212 g/mol. The van der Waals surface area contributed by atoms with Crippen molar-refractivity contribution < 1.29 is 8.60 Å². The molecule has 3 nitrogen and oxygen atoms in total. The van der Waals surface area contributed by atoms with Crippen molar-refractivity contribution in [1.29, 1.82) is 5.26 Å². The van der Waals surface area contributed by atoms with Gasteiger partial charge in [-0.3, -0.25) is 4.21 Å². The van der Waals surface area contributed by atoms with Crippen LogP contribution in [-0.4, -0.2) is 9.46 Å². The predicted octanol–water partition coefficient (Wildman–Crippen LogP) is 1.43. The van der Waals surface area contributed by atoms with Gasteiger partial charge in [-0.25, -0.2) is 4.39 Å². The molecule has 0 aromatic heterocycles. The monoisotopic (exact) mass is 212 g/mol. The quantitative estimate of drug-likeness (QED) is 0.754. The van der Waals surface area contributed by atoms with Crippen molar-refractivity contribution in [3.8, 4) is 6.07 Å². The smallest absolute Gasteiger partial charge is 0.125 e. The molecule has 0 heterocycles. The number of hydrogen-bond donors (Lipinski definition) is 1. The predicted molar refractivity (Wildman–Crippen MR) is 52.3 cm³/mol. The first-order valence-electron chi connectivity index (χ1n) is 3.91. The molecular formula is C9H9FN2OS. The summed E-state index contributed by atoms with van der Waals surface area (Å²) in [5.41, 5.74) is 5.59. The van der Waals surface area contributed by atoms with E-state index >= 15 is 0 Å². The topological polar surface area (TPSA) is 66.9 Å². The third-order valence-corrected chi connectivity index (χ3v) is 3.24. The van der Waals surface area contributed by atoms with Crippen LogP contribution in [0.2, 0.25) is 0 Å². The number of hydrogen-bond acceptors (Lipinski definition) is 3. The molecule has 14 heavy (non-hydrogen) atoms. The van der Waals surface area contributed by atoms with E-state index in [0.717, 1.165) is 6.07 Å². The molecule has 0 saturated heterocycles. The van der Waals surface area contributed by atoms with Gasteiger partial charge in [-0.1, -0.05) is 0 Å². The van der Waals surface area contributed by atoms with Crippen LogP contribution in [0.4, 0.5) is 10.1 Å². The minimum Gasteiger partial charge on any atom is -0.398 e. The minimum absolute atomic E-state index is 0.116. The first-order valence-corrected chi connectivity index (χ1v) is 5.12. The molecule has 0 aliphatic carbocycles. The summed E-state index contributed by atoms with van der Waals surface area (Å²) in [6, 6.07) is 5.47. The number of nitrogen functional groups attached to an aromatic ring is 1. The van der Waals surface area contributed by atoms with Crippen LogP contribution in [0.15, 0.2) is 23.1 Å². The Morgan fingerprint density at radius 1 is 1.64 bits per heavy atom. The van der Waals surface area contributed by atoms with Gasteiger partial charge in [0.15, 0.2) is 0 Å². The summed E-state index contributed by atoms with van der Waals surface area (Å²) >= 11 is 0. The number of nitrogens with two attached hydrogens (primary N) is 1. The van der Waals surface area contributed by atoms with E-state index in [-0.39, 0.29) is 5.69 Å². The van der Waals surface area contributed by atoms with Crippen molar-refractivity contribution in [2.75, 3.05) is 5.73 Å². The van der Waals surface area contributed by atoms with E-state index in [0.29, 0.717) is 4.90 Å². The normalized spacial score (nSPS) is 14.4. The van der Waals surface area contributed by atoms with Crippen molar-refractivity contribution in [1.82, 2.24) is 0 Å². The van der Waals surface area contributed by atoms with Gasteiger partial charge in [-0.15, -0.1) is 0 Å². The van der Waals surface area contributed by atoms with Crippen molar-refractivity contribution in [3.05, 3.63) is 24.0 Å². The van der Waals surface area contributed by atoms with E-state index in [1.54, 1.807) is 0 Å². The van der Waals surface area contributed by atoms with E-state index in [1.165, 1.54) is 19.1 Å². The number of rotatable bonds is 2. The lowest BCUT2D eigenvalue weighted by atomic mass is 10.3. The lowest BCUT2D eigenvalue weighted by Crippen LogP contribution is -2.10. The standard InChI is InChI=1S/C9H9FN2OS/c1-6(5-11)14(13)9-3-2-7(10)4-8(9)12/h2-4,6H,12H2,1H3. The Balaban J connectivity index is 3.09. The fourth-order valence-corrected chi connectivity index (χ4v) is 1.91. The second-order valence-corrected chi connectivity index (χ2v) is 4.49. The van der Waals surface area contributed by atoms with E-state index in [1.807, 2.05) is 6.07 Å². The summed E-state index contributed by atoms with van der Waals surface area (Å²) in [4.78, 5) is 0.306. The average Bonchev–Trinajstić information content (AvgIpc) is 2.15. The van der Waals surface area contributed by atoms with E-state index in [9.17, 15) is 8.60 Å². The van der Waals surface area contributed by atoms with Crippen LogP contribution in [0.3, 0.4) is 0 Å². The molecule has 0 amide bonds. The van der Waals surface area contributed by atoms with Crippen molar-refractivity contribution in [2.24, 2.45) is 0 Å². The van der Waals surface area contributed by atoms with Crippen LogP contribution in [-0.2, 0) is 10.8 Å². The van der Waals surface area contributed by atoms with E-state index < -0.39 is 21.9 Å². The van der Waals surface area contributed by atoms with Gasteiger partial charge in [0.2, 0.25) is 0 Å². The molecule has 2 unspecified atom stereocenters. The molecule has 0 spiro atoms. The number of nitriles is 1. The van der Waals surface area contributed by atoms with Crippen LogP contribution in [0.5, 0.6) is 0 Å². The van der Waals surface area contributed by atoms with Gasteiger partial charge in [0.1, 0.15) is 11.1 Å². The second kappa shape index (κ2) is 4.20. The highest BCUT2D eigenvalue weighted by Crippen LogP contribution is 2.19. The van der Waals surface area contributed by atoms with Gasteiger partial charge in [0.05, 0.1) is 27.5 Å². The van der Waals surface area contributed by atoms with Gasteiger partial charge >= 0.3 is 0 Å². The molecule has 0 radical (unpaired) electrons. The Kier molecular flexibility index (Phi) is 3.20. The zero-order valence-electron chi connectivity index (χ0n) is 7.53. The Hall–Kier alpha value is -1.41. The third-order valence-electron chi connectivity index (χ3n) is 1.69. The summed E-state index contributed by atoms with van der Waals surface area (Å²) in [6.07, 6.45) is 0. The van der Waals surface area contributed by atoms with Crippen LogP contribution >= 0.6 is 0 Å². The Morgan fingerprint density at radius 3 is 2.79 bits per heavy atom. The van der Waals surface area contributed by atoms with Crippen molar-refractivity contribution >= 4 is 16.5 Å². The Morgan fingerprint density at radius 2 is 2.29 bits per heavy atom. The zero-order valence-corrected chi connectivity index (χ0v) is 8.34. The Bertz CT molecular complexity index is 414. The maximum atomic E-state index is 12.6. The molecule has 5 heteroatoms. The highest BCUT2D eigenvalue weighted by Gasteiger charge is 2.15. The third kappa shape index (κ3) is 2.09. The molecular weight excluding hydrogens is 203 g/mol. The molecule has 0 fully saturated rings. The molecule has 0 bridgehead atoms. The second-order valence-electron chi connectivity index (χ2n) is 2.75. The van der Waals surface area contributed by atoms with Gasteiger partial charge in [-0.2, -0.15) is 5.26 Å². The molecule has 0 aliphatic heterocycles. The van der Waals surface area contributed by atoms with Crippen molar-refractivity contribution in [3.63, 3.8) is 0 Å². The largest absolute Gasteiger partial charge is 0.398 e. The summed E-state index contributed by atoms with van der Waals surface area (Å²) in [7, 11) is -1.50. The first-order chi connectivity index (χ1) is 6.56. The lowest BCUT2D eigenvalue weighted by Gasteiger charge is -2.06. The summed E-state index contributed by atoms with van der Waals surface area (Å²) in [5, 5.41) is 7.90. The highest BCUT2D eigenvalue weighted by molar-refractivity contribution is 7.86. The van der Waals surface area contributed by atoms with Crippen LogP contribution in [0.25, 0.3) is 0 Å². The highest BCUT2D eigenvalue weighted by atomic mass is 32.2. The van der Waals surface area contributed by atoms with E-state index in [4.69, 9.17) is 11.0 Å². The van der Waals surface area contributed by atoms with Crippen LogP contribution < -0.4 is 5.73 Å². The number of nitrogens with zero attached hydrogens (tertiary/aromatic N) is 1. The SMILES string of the molecule is CC(C#N)S(=O)c1ccc(F)cc1N. The number of anilines is 1. The first kappa shape index (κ1) is 10.7. The molecule has 74 valence electrons. The summed E-state index contributed by atoms with van der Waals surface area (Å²) in [6.45, 7) is 1.53. The molecule has 2 N–H and O–H groups in total. The van der Waals surface area contributed by atoms with Crippen molar-refractivity contribution in [2.45, 2.75) is 17.1 Å². The molecule has 2 atom stereocenters.